The van der Waals surface area contributed by atoms with Gasteiger partial charge in [0.15, 0.2) is 0 Å². The average molecular weight is 464 g/mol. The number of imide groups is 1. The number of hydrogen-bond donors (Lipinski definition) is 1. The van der Waals surface area contributed by atoms with Gasteiger partial charge in [0.25, 0.3) is 17.7 Å². The molecule has 9 heteroatoms. The van der Waals surface area contributed by atoms with E-state index in [1.54, 1.807) is 19.1 Å². The molecule has 4 rings (SSSR count). The van der Waals surface area contributed by atoms with E-state index in [0.717, 1.165) is 29.2 Å². The molecular weight excluding hydrogens is 446 g/mol. The summed E-state index contributed by atoms with van der Waals surface area (Å²) in [5, 5.41) is 2.25. The molecule has 0 saturated carbocycles. The average Bonchev–Trinajstić information content (AvgIpc) is 3.06. The van der Waals surface area contributed by atoms with Gasteiger partial charge in [-0.25, -0.2) is 18.5 Å². The van der Waals surface area contributed by atoms with Gasteiger partial charge in [0.1, 0.15) is 11.6 Å². The first-order valence-electron chi connectivity index (χ1n) is 10.1. The fourth-order valence-corrected chi connectivity index (χ4v) is 3.67. The van der Waals surface area contributed by atoms with E-state index in [-0.39, 0.29) is 16.7 Å². The first-order valence-corrected chi connectivity index (χ1v) is 10.1. The minimum atomic E-state index is -1.14. The number of aryl methyl sites for hydroxylation is 2. The SMILES string of the molecule is COC(=O)c1cc(NC(=O)c2ccc3c(c2)C(=O)N(c2cc(C)ccc2C)C3=O)c(F)cc1F. The lowest BCUT2D eigenvalue weighted by molar-refractivity contribution is 0.0594. The summed E-state index contributed by atoms with van der Waals surface area (Å²) in [7, 11) is 1.04. The molecule has 0 saturated heterocycles. The van der Waals surface area contributed by atoms with E-state index < -0.39 is 46.6 Å². The summed E-state index contributed by atoms with van der Waals surface area (Å²) >= 11 is 0. The van der Waals surface area contributed by atoms with Gasteiger partial charge in [-0.15, -0.1) is 0 Å². The number of anilines is 2. The molecule has 7 nitrogen and oxygen atoms in total. The van der Waals surface area contributed by atoms with Crippen molar-refractivity contribution in [3.8, 4) is 0 Å². The lowest BCUT2D eigenvalue weighted by atomic mass is 10.0. The number of carbonyl (C=O) groups excluding carboxylic acids is 4. The van der Waals surface area contributed by atoms with E-state index in [9.17, 15) is 28.0 Å². The van der Waals surface area contributed by atoms with Crippen molar-refractivity contribution >= 4 is 35.1 Å². The van der Waals surface area contributed by atoms with Crippen LogP contribution < -0.4 is 10.2 Å². The zero-order chi connectivity index (χ0) is 24.7. The third kappa shape index (κ3) is 3.81. The molecule has 3 aromatic rings. The first kappa shape index (κ1) is 22.8. The number of ether oxygens (including phenoxy) is 1. The Morgan fingerprint density at radius 2 is 1.59 bits per heavy atom. The first-order chi connectivity index (χ1) is 16.1. The van der Waals surface area contributed by atoms with Crippen molar-refractivity contribution in [2.45, 2.75) is 13.8 Å². The van der Waals surface area contributed by atoms with E-state index in [0.29, 0.717) is 11.8 Å². The van der Waals surface area contributed by atoms with Crippen LogP contribution in [-0.2, 0) is 4.74 Å². The molecule has 1 aliphatic rings. The van der Waals surface area contributed by atoms with E-state index in [4.69, 9.17) is 0 Å². The van der Waals surface area contributed by atoms with Gasteiger partial charge < -0.3 is 10.1 Å². The molecule has 0 atom stereocenters. The van der Waals surface area contributed by atoms with Crippen molar-refractivity contribution in [2.75, 3.05) is 17.3 Å². The number of carbonyl (C=O) groups is 4. The fourth-order valence-electron chi connectivity index (χ4n) is 3.67. The number of halogens is 2. The Labute approximate surface area is 192 Å². The molecule has 1 N–H and O–H groups in total. The van der Waals surface area contributed by atoms with E-state index in [1.807, 2.05) is 13.0 Å². The summed E-state index contributed by atoms with van der Waals surface area (Å²) in [6.07, 6.45) is 0. The molecule has 1 heterocycles. The van der Waals surface area contributed by atoms with Crippen LogP contribution in [0.15, 0.2) is 48.5 Å². The van der Waals surface area contributed by atoms with E-state index in [2.05, 4.69) is 10.1 Å². The Balaban J connectivity index is 1.65. The maximum atomic E-state index is 14.2. The second-order valence-electron chi connectivity index (χ2n) is 7.75. The molecule has 0 radical (unpaired) electrons. The summed E-state index contributed by atoms with van der Waals surface area (Å²) in [5.41, 5.74) is 1.14. The van der Waals surface area contributed by atoms with Crippen molar-refractivity contribution in [3.63, 3.8) is 0 Å². The van der Waals surface area contributed by atoms with Crippen LogP contribution in [0.4, 0.5) is 20.2 Å². The number of amides is 3. The number of benzene rings is 3. The van der Waals surface area contributed by atoms with E-state index >= 15 is 0 Å². The van der Waals surface area contributed by atoms with Crippen LogP contribution >= 0.6 is 0 Å². The van der Waals surface area contributed by atoms with E-state index in [1.165, 1.54) is 18.2 Å². The Morgan fingerprint density at radius 1 is 0.882 bits per heavy atom. The largest absolute Gasteiger partial charge is 0.465 e. The molecule has 0 bridgehead atoms. The minimum absolute atomic E-state index is 0.0217. The quantitative estimate of drug-likeness (QED) is 0.456. The Bertz CT molecular complexity index is 1400. The van der Waals surface area contributed by atoms with Crippen LogP contribution in [0.3, 0.4) is 0 Å². The lowest BCUT2D eigenvalue weighted by Gasteiger charge is -2.17. The van der Waals surface area contributed by atoms with Crippen LogP contribution in [0.2, 0.25) is 0 Å². The van der Waals surface area contributed by atoms with Gasteiger partial charge in [-0.05, 0) is 55.3 Å². The Hall–Kier alpha value is -4.40. The van der Waals surface area contributed by atoms with Gasteiger partial charge in [0.05, 0.1) is 35.2 Å². The highest BCUT2D eigenvalue weighted by atomic mass is 19.1. The Kier molecular flexibility index (Phi) is 5.70. The predicted molar refractivity (Wildman–Crippen MR) is 119 cm³/mol. The topological polar surface area (TPSA) is 92.8 Å². The van der Waals surface area contributed by atoms with Gasteiger partial charge >= 0.3 is 5.97 Å². The standard InChI is InChI=1S/C25H18F2N2O5/c1-12-4-5-13(2)21(8-12)29-23(31)15-7-6-14(9-16(15)24(29)32)22(30)28-20-10-17(25(33)34-3)18(26)11-19(20)27/h4-11H,1-3H3,(H,28,30). The Morgan fingerprint density at radius 3 is 2.29 bits per heavy atom. The monoisotopic (exact) mass is 464 g/mol. The number of hydrogen-bond acceptors (Lipinski definition) is 5. The number of fused-ring (bicyclic) bond motifs is 1. The summed E-state index contributed by atoms with van der Waals surface area (Å²) in [5.74, 6) is -5.23. The van der Waals surface area contributed by atoms with Crippen molar-refractivity contribution in [3.05, 3.63) is 93.5 Å². The molecule has 1 aliphatic heterocycles. The van der Waals surface area contributed by atoms with Crippen LogP contribution in [0.5, 0.6) is 0 Å². The van der Waals surface area contributed by atoms with Gasteiger partial charge in [-0.3, -0.25) is 14.4 Å². The normalized spacial score (nSPS) is 12.6. The molecule has 172 valence electrons. The molecule has 34 heavy (non-hydrogen) atoms. The molecule has 0 aliphatic carbocycles. The van der Waals surface area contributed by atoms with Crippen molar-refractivity contribution < 1.29 is 32.7 Å². The minimum Gasteiger partial charge on any atom is -0.465 e. The maximum absolute atomic E-state index is 14.2. The maximum Gasteiger partial charge on any atom is 0.340 e. The highest BCUT2D eigenvalue weighted by Gasteiger charge is 2.38. The molecule has 0 spiro atoms. The third-order valence-corrected chi connectivity index (χ3v) is 5.46. The summed E-state index contributed by atoms with van der Waals surface area (Å²) < 4.78 is 32.5. The van der Waals surface area contributed by atoms with Gasteiger partial charge in [-0.1, -0.05) is 12.1 Å². The fraction of sp³-hybridized carbons (Fsp3) is 0.120. The van der Waals surface area contributed by atoms with Gasteiger partial charge in [0.2, 0.25) is 0 Å². The predicted octanol–water partition coefficient (Wildman–Crippen LogP) is 4.42. The van der Waals surface area contributed by atoms with Crippen LogP contribution in [-0.4, -0.2) is 30.8 Å². The second kappa shape index (κ2) is 8.51. The number of nitrogens with one attached hydrogen (secondary N) is 1. The highest BCUT2D eigenvalue weighted by molar-refractivity contribution is 6.35. The molecule has 3 aromatic carbocycles. The van der Waals surface area contributed by atoms with Gasteiger partial charge in [-0.2, -0.15) is 0 Å². The second-order valence-corrected chi connectivity index (χ2v) is 7.75. The highest BCUT2D eigenvalue weighted by Crippen LogP contribution is 2.32. The van der Waals surface area contributed by atoms with Crippen LogP contribution in [0.1, 0.15) is 52.6 Å². The molecule has 0 aromatic heterocycles. The van der Waals surface area contributed by atoms with Gasteiger partial charge in [0, 0.05) is 11.6 Å². The van der Waals surface area contributed by atoms with Crippen LogP contribution in [0, 0.1) is 25.5 Å². The third-order valence-electron chi connectivity index (χ3n) is 5.46. The van der Waals surface area contributed by atoms with Crippen molar-refractivity contribution in [1.29, 1.82) is 0 Å². The molecular formula is C25H18F2N2O5. The number of rotatable bonds is 4. The van der Waals surface area contributed by atoms with Crippen molar-refractivity contribution in [2.24, 2.45) is 0 Å². The van der Waals surface area contributed by atoms with Crippen molar-refractivity contribution in [1.82, 2.24) is 0 Å². The number of esters is 1. The summed E-state index contributed by atoms with van der Waals surface area (Å²) in [6, 6.07) is 10.5. The molecule has 0 fully saturated rings. The molecule has 0 unspecified atom stereocenters. The zero-order valence-electron chi connectivity index (χ0n) is 18.4. The molecule has 3 amide bonds. The number of nitrogens with zero attached hydrogens (tertiary/aromatic N) is 1. The lowest BCUT2D eigenvalue weighted by Crippen LogP contribution is -2.30. The van der Waals surface area contributed by atoms with Crippen LogP contribution in [0.25, 0.3) is 0 Å². The summed E-state index contributed by atoms with van der Waals surface area (Å²) in [4.78, 5) is 51.5. The zero-order valence-corrected chi connectivity index (χ0v) is 18.4. The smallest absolute Gasteiger partial charge is 0.340 e. The number of methoxy groups -OCH3 is 1. The summed E-state index contributed by atoms with van der Waals surface area (Å²) in [6.45, 7) is 3.61.